The van der Waals surface area contributed by atoms with E-state index >= 15 is 0 Å². The quantitative estimate of drug-likeness (QED) is 0.600. The van der Waals surface area contributed by atoms with Gasteiger partial charge in [0.15, 0.2) is 0 Å². The molecule has 0 aromatic heterocycles. The van der Waals surface area contributed by atoms with E-state index in [-0.39, 0.29) is 18.1 Å². The SMILES string of the molecule is COCCNC(=O)c1cccc(NC(=O)CNc2cccc(C(F)(F)F)c2)c1. The summed E-state index contributed by atoms with van der Waals surface area (Å²) in [5.41, 5.74) is 0.135. The van der Waals surface area contributed by atoms with Crippen molar-refractivity contribution in [2.45, 2.75) is 6.18 Å². The highest BCUT2D eigenvalue weighted by atomic mass is 19.4. The molecule has 2 rings (SSSR count). The Labute approximate surface area is 160 Å². The third-order valence-corrected chi connectivity index (χ3v) is 3.64. The van der Waals surface area contributed by atoms with E-state index < -0.39 is 17.6 Å². The smallest absolute Gasteiger partial charge is 0.383 e. The number of benzene rings is 2. The normalized spacial score (nSPS) is 11.0. The van der Waals surface area contributed by atoms with E-state index in [9.17, 15) is 22.8 Å². The minimum absolute atomic E-state index is 0.177. The van der Waals surface area contributed by atoms with Crippen LogP contribution in [0, 0.1) is 0 Å². The van der Waals surface area contributed by atoms with Crippen molar-refractivity contribution >= 4 is 23.2 Å². The third kappa shape index (κ3) is 6.58. The summed E-state index contributed by atoms with van der Waals surface area (Å²) in [6, 6.07) is 10.9. The van der Waals surface area contributed by atoms with Crippen LogP contribution in [0.25, 0.3) is 0 Å². The zero-order valence-corrected chi connectivity index (χ0v) is 15.1. The molecule has 0 radical (unpaired) electrons. The predicted octanol–water partition coefficient (Wildman–Crippen LogP) is 3.13. The molecule has 0 saturated heterocycles. The molecule has 0 saturated carbocycles. The first-order valence-electron chi connectivity index (χ1n) is 8.38. The Balaban J connectivity index is 1.91. The van der Waals surface area contributed by atoms with Crippen LogP contribution in [0.4, 0.5) is 24.5 Å². The molecule has 2 aromatic rings. The fourth-order valence-corrected chi connectivity index (χ4v) is 2.30. The zero-order chi connectivity index (χ0) is 20.6. The van der Waals surface area contributed by atoms with Gasteiger partial charge in [-0.15, -0.1) is 0 Å². The van der Waals surface area contributed by atoms with Crippen molar-refractivity contribution in [2.75, 3.05) is 37.4 Å². The lowest BCUT2D eigenvalue weighted by molar-refractivity contribution is -0.137. The lowest BCUT2D eigenvalue weighted by atomic mass is 10.2. The Kier molecular flexibility index (Phi) is 7.39. The minimum Gasteiger partial charge on any atom is -0.383 e. The third-order valence-electron chi connectivity index (χ3n) is 3.64. The maximum Gasteiger partial charge on any atom is 0.416 e. The molecule has 0 aliphatic carbocycles. The van der Waals surface area contributed by atoms with E-state index in [4.69, 9.17) is 4.74 Å². The molecule has 0 aliphatic rings. The minimum atomic E-state index is -4.45. The fraction of sp³-hybridized carbons (Fsp3) is 0.263. The summed E-state index contributed by atoms with van der Waals surface area (Å²) in [6.45, 7) is 0.502. The molecule has 0 aliphatic heterocycles. The molecule has 9 heteroatoms. The van der Waals surface area contributed by atoms with Crippen molar-refractivity contribution in [1.29, 1.82) is 0 Å². The summed E-state index contributed by atoms with van der Waals surface area (Å²) in [4.78, 5) is 24.0. The summed E-state index contributed by atoms with van der Waals surface area (Å²) < 4.78 is 43.0. The maximum absolute atomic E-state index is 12.7. The number of amides is 2. The van der Waals surface area contributed by atoms with E-state index in [1.807, 2.05) is 0 Å². The number of carbonyl (C=O) groups excluding carboxylic acids is 2. The average molecular weight is 395 g/mol. The first kappa shape index (κ1) is 21.2. The summed E-state index contributed by atoms with van der Waals surface area (Å²) >= 11 is 0. The van der Waals surface area contributed by atoms with Crippen LogP contribution >= 0.6 is 0 Å². The van der Waals surface area contributed by atoms with Gasteiger partial charge in [0.2, 0.25) is 5.91 Å². The van der Waals surface area contributed by atoms with Gasteiger partial charge in [0, 0.05) is 30.6 Å². The number of hydrogen-bond donors (Lipinski definition) is 3. The van der Waals surface area contributed by atoms with E-state index in [0.29, 0.717) is 24.4 Å². The highest BCUT2D eigenvalue weighted by Gasteiger charge is 2.30. The Hall–Kier alpha value is -3.07. The number of ether oxygens (including phenoxy) is 1. The standard InChI is InChI=1S/C19H20F3N3O3/c1-28-9-8-23-18(27)13-4-2-7-16(10-13)25-17(26)12-24-15-6-3-5-14(11-15)19(20,21)22/h2-7,10-11,24H,8-9,12H2,1H3,(H,23,27)(H,25,26). The number of methoxy groups -OCH3 is 1. The average Bonchev–Trinajstić information content (AvgIpc) is 2.66. The molecule has 28 heavy (non-hydrogen) atoms. The van der Waals surface area contributed by atoms with E-state index in [0.717, 1.165) is 12.1 Å². The molecule has 150 valence electrons. The van der Waals surface area contributed by atoms with Crippen LogP contribution < -0.4 is 16.0 Å². The van der Waals surface area contributed by atoms with Gasteiger partial charge in [-0.05, 0) is 36.4 Å². The first-order valence-corrected chi connectivity index (χ1v) is 8.38. The Morgan fingerprint density at radius 1 is 1.04 bits per heavy atom. The number of carbonyl (C=O) groups is 2. The number of halogens is 3. The van der Waals surface area contributed by atoms with Gasteiger partial charge in [0.25, 0.3) is 5.91 Å². The molecule has 2 amide bonds. The van der Waals surface area contributed by atoms with Gasteiger partial charge in [0.1, 0.15) is 0 Å². The maximum atomic E-state index is 12.7. The first-order chi connectivity index (χ1) is 13.3. The van der Waals surface area contributed by atoms with Crippen LogP contribution in [0.1, 0.15) is 15.9 Å². The zero-order valence-electron chi connectivity index (χ0n) is 15.1. The van der Waals surface area contributed by atoms with Gasteiger partial charge in [-0.1, -0.05) is 12.1 Å². The lowest BCUT2D eigenvalue weighted by Gasteiger charge is -2.11. The van der Waals surface area contributed by atoms with Crippen molar-refractivity contribution in [2.24, 2.45) is 0 Å². The second kappa shape index (κ2) is 9.75. The van der Waals surface area contributed by atoms with E-state index in [1.54, 1.807) is 18.2 Å². The molecular weight excluding hydrogens is 375 g/mol. The van der Waals surface area contributed by atoms with Crippen LogP contribution in [0.2, 0.25) is 0 Å². The molecular formula is C19H20F3N3O3. The summed E-state index contributed by atoms with van der Waals surface area (Å²) in [5.74, 6) is -0.774. The number of rotatable bonds is 8. The van der Waals surface area contributed by atoms with Gasteiger partial charge in [-0.2, -0.15) is 13.2 Å². The number of alkyl halides is 3. The largest absolute Gasteiger partial charge is 0.416 e. The lowest BCUT2D eigenvalue weighted by Crippen LogP contribution is -2.27. The molecule has 6 nitrogen and oxygen atoms in total. The second-order valence-corrected chi connectivity index (χ2v) is 5.81. The Morgan fingerprint density at radius 2 is 1.75 bits per heavy atom. The van der Waals surface area contributed by atoms with Crippen LogP contribution in [0.15, 0.2) is 48.5 Å². The van der Waals surface area contributed by atoms with E-state index in [2.05, 4.69) is 16.0 Å². The van der Waals surface area contributed by atoms with Gasteiger partial charge in [-0.25, -0.2) is 0 Å². The molecule has 2 aromatic carbocycles. The van der Waals surface area contributed by atoms with Crippen LogP contribution in [0.3, 0.4) is 0 Å². The van der Waals surface area contributed by atoms with Crippen molar-refractivity contribution in [1.82, 2.24) is 5.32 Å². The predicted molar refractivity (Wildman–Crippen MR) is 99.2 cm³/mol. The molecule has 0 heterocycles. The highest BCUT2D eigenvalue weighted by molar-refractivity contribution is 5.98. The molecule has 3 N–H and O–H groups in total. The van der Waals surface area contributed by atoms with Gasteiger partial charge in [0.05, 0.1) is 18.7 Å². The van der Waals surface area contributed by atoms with Gasteiger partial charge < -0.3 is 20.7 Å². The van der Waals surface area contributed by atoms with Crippen molar-refractivity contribution < 1.29 is 27.5 Å². The fourth-order valence-electron chi connectivity index (χ4n) is 2.30. The molecule has 0 bridgehead atoms. The van der Waals surface area contributed by atoms with Crippen molar-refractivity contribution in [3.8, 4) is 0 Å². The molecule has 0 atom stereocenters. The van der Waals surface area contributed by atoms with Crippen molar-refractivity contribution in [3.63, 3.8) is 0 Å². The van der Waals surface area contributed by atoms with Gasteiger partial charge in [-0.3, -0.25) is 9.59 Å². The van der Waals surface area contributed by atoms with Crippen molar-refractivity contribution in [3.05, 3.63) is 59.7 Å². The summed E-state index contributed by atoms with van der Waals surface area (Å²) in [6.07, 6.45) is -4.45. The van der Waals surface area contributed by atoms with Crippen LogP contribution in [-0.4, -0.2) is 38.6 Å². The summed E-state index contributed by atoms with van der Waals surface area (Å²) in [5, 5.41) is 7.90. The van der Waals surface area contributed by atoms with E-state index in [1.165, 1.54) is 25.3 Å². The topological polar surface area (TPSA) is 79.5 Å². The number of anilines is 2. The second-order valence-electron chi connectivity index (χ2n) is 5.81. The van der Waals surface area contributed by atoms with Gasteiger partial charge >= 0.3 is 6.18 Å². The Morgan fingerprint density at radius 3 is 2.46 bits per heavy atom. The highest BCUT2D eigenvalue weighted by Crippen LogP contribution is 2.30. The van der Waals surface area contributed by atoms with Crippen LogP contribution in [-0.2, 0) is 15.7 Å². The number of hydrogen-bond acceptors (Lipinski definition) is 4. The Bertz CT molecular complexity index is 825. The number of nitrogens with one attached hydrogen (secondary N) is 3. The van der Waals surface area contributed by atoms with Crippen LogP contribution in [0.5, 0.6) is 0 Å². The summed E-state index contributed by atoms with van der Waals surface area (Å²) in [7, 11) is 1.52. The monoisotopic (exact) mass is 395 g/mol. The molecule has 0 spiro atoms. The molecule has 0 fully saturated rings. The molecule has 0 unspecified atom stereocenters.